The lowest BCUT2D eigenvalue weighted by molar-refractivity contribution is 0.103. The van der Waals surface area contributed by atoms with Crippen LogP contribution < -0.4 is 5.32 Å². The summed E-state index contributed by atoms with van der Waals surface area (Å²) in [6.07, 6.45) is 1.63. The third-order valence-corrected chi connectivity index (χ3v) is 5.66. The molecule has 4 rings (SSSR count). The van der Waals surface area contributed by atoms with E-state index in [1.54, 1.807) is 24.4 Å². The predicted molar refractivity (Wildman–Crippen MR) is 108 cm³/mol. The van der Waals surface area contributed by atoms with Gasteiger partial charge in [-0.3, -0.25) is 9.48 Å². The summed E-state index contributed by atoms with van der Waals surface area (Å²) < 4.78 is 15.8. The number of pyridine rings is 1. The van der Waals surface area contributed by atoms with E-state index in [0.29, 0.717) is 17.2 Å². The Kier molecular flexibility index (Phi) is 4.75. The second-order valence-electron chi connectivity index (χ2n) is 6.01. The average Bonchev–Trinajstić information content (AvgIpc) is 3.21. The van der Waals surface area contributed by atoms with Crippen LogP contribution in [0.5, 0.6) is 0 Å². The molecule has 1 amide bonds. The van der Waals surface area contributed by atoms with Gasteiger partial charge in [-0.25, -0.2) is 9.37 Å². The molecule has 0 radical (unpaired) electrons. The number of hydrogen-bond donors (Lipinski definition) is 1. The van der Waals surface area contributed by atoms with Gasteiger partial charge < -0.3 is 5.32 Å². The minimum atomic E-state index is -0.267. The van der Waals surface area contributed by atoms with Gasteiger partial charge in [0, 0.05) is 16.1 Å². The molecular weight excluding hydrogens is 431 g/mol. The van der Waals surface area contributed by atoms with Gasteiger partial charge in [-0.2, -0.15) is 5.10 Å². The molecule has 3 aromatic heterocycles. The molecule has 27 heavy (non-hydrogen) atoms. The van der Waals surface area contributed by atoms with E-state index in [0.717, 1.165) is 25.9 Å². The monoisotopic (exact) mass is 444 g/mol. The summed E-state index contributed by atoms with van der Waals surface area (Å²) in [7, 11) is 0. The second-order valence-corrected chi connectivity index (χ2v) is 7.96. The molecule has 0 unspecified atom stereocenters. The van der Waals surface area contributed by atoms with Gasteiger partial charge in [-0.1, -0.05) is 12.1 Å². The van der Waals surface area contributed by atoms with Gasteiger partial charge >= 0.3 is 0 Å². The Hall–Kier alpha value is -2.58. The minimum Gasteiger partial charge on any atom is -0.306 e. The van der Waals surface area contributed by atoms with Crippen molar-refractivity contribution in [1.29, 1.82) is 0 Å². The number of aromatic nitrogens is 3. The zero-order chi connectivity index (χ0) is 19.0. The van der Waals surface area contributed by atoms with E-state index in [9.17, 15) is 9.18 Å². The smallest absolute Gasteiger partial charge is 0.266 e. The van der Waals surface area contributed by atoms with Gasteiger partial charge in [-0.05, 0) is 58.7 Å². The number of fused-ring (bicyclic) bond motifs is 1. The van der Waals surface area contributed by atoms with Crippen molar-refractivity contribution in [3.05, 3.63) is 75.1 Å². The first-order valence-electron chi connectivity index (χ1n) is 8.14. The van der Waals surface area contributed by atoms with Crippen LogP contribution in [-0.4, -0.2) is 20.7 Å². The number of thiophene rings is 1. The Labute approximate surface area is 167 Å². The summed E-state index contributed by atoms with van der Waals surface area (Å²) in [5.41, 5.74) is 1.79. The summed E-state index contributed by atoms with van der Waals surface area (Å²) in [4.78, 5) is 18.2. The highest BCUT2D eigenvalue weighted by molar-refractivity contribution is 9.10. The molecule has 136 valence electrons. The highest BCUT2D eigenvalue weighted by Gasteiger charge is 2.17. The highest BCUT2D eigenvalue weighted by Crippen LogP contribution is 2.29. The quantitative estimate of drug-likeness (QED) is 0.481. The molecule has 0 aliphatic rings. The lowest BCUT2D eigenvalue weighted by Gasteiger charge is -2.03. The molecule has 8 heteroatoms. The molecule has 4 aromatic rings. The summed E-state index contributed by atoms with van der Waals surface area (Å²) in [5, 5.41) is 8.29. The first-order valence-corrected chi connectivity index (χ1v) is 9.75. The van der Waals surface area contributed by atoms with E-state index in [1.165, 1.54) is 23.5 Å². The summed E-state index contributed by atoms with van der Waals surface area (Å²) in [5.74, 6) is 0.0150. The highest BCUT2D eigenvalue weighted by atomic mass is 79.9. The maximum Gasteiger partial charge on any atom is 0.266 e. The van der Waals surface area contributed by atoms with Crippen LogP contribution >= 0.6 is 27.3 Å². The van der Waals surface area contributed by atoms with Crippen molar-refractivity contribution in [3.63, 3.8) is 0 Å². The maximum atomic E-state index is 13.1. The van der Waals surface area contributed by atoms with Gasteiger partial charge in [-0.15, -0.1) is 11.3 Å². The van der Waals surface area contributed by atoms with E-state index in [4.69, 9.17) is 0 Å². The Morgan fingerprint density at radius 3 is 2.74 bits per heavy atom. The molecule has 0 bridgehead atoms. The first-order chi connectivity index (χ1) is 13.0. The largest absolute Gasteiger partial charge is 0.306 e. The van der Waals surface area contributed by atoms with Crippen LogP contribution in [0, 0.1) is 12.7 Å². The van der Waals surface area contributed by atoms with Crippen molar-refractivity contribution in [2.45, 2.75) is 13.5 Å². The number of aryl methyl sites for hydroxylation is 1. The predicted octanol–water partition coefficient (Wildman–Crippen LogP) is 5.00. The Morgan fingerprint density at radius 2 is 2.04 bits per heavy atom. The fraction of sp³-hybridized carbons (Fsp3) is 0.105. The molecule has 0 saturated carbocycles. The lowest BCUT2D eigenvalue weighted by Crippen LogP contribution is -2.11. The number of amides is 1. The zero-order valence-electron chi connectivity index (χ0n) is 14.2. The fourth-order valence-corrected chi connectivity index (χ4v) is 4.01. The number of carbonyl (C=O) groups is 1. The number of benzene rings is 1. The van der Waals surface area contributed by atoms with E-state index in [-0.39, 0.29) is 11.7 Å². The minimum absolute atomic E-state index is 0.209. The molecule has 0 aliphatic heterocycles. The van der Waals surface area contributed by atoms with E-state index in [2.05, 4.69) is 31.3 Å². The van der Waals surface area contributed by atoms with Crippen molar-refractivity contribution < 1.29 is 9.18 Å². The van der Waals surface area contributed by atoms with Crippen LogP contribution in [0.2, 0.25) is 0 Å². The fourth-order valence-electron chi connectivity index (χ4n) is 2.72. The summed E-state index contributed by atoms with van der Waals surface area (Å²) in [6, 6.07) is 11.7. The average molecular weight is 445 g/mol. The van der Waals surface area contributed by atoms with Crippen molar-refractivity contribution >= 4 is 49.2 Å². The molecule has 0 atom stereocenters. The lowest BCUT2D eigenvalue weighted by atomic mass is 10.2. The molecule has 5 nitrogen and oxygen atoms in total. The van der Waals surface area contributed by atoms with E-state index >= 15 is 0 Å². The van der Waals surface area contributed by atoms with Gasteiger partial charge in [0.2, 0.25) is 0 Å². The van der Waals surface area contributed by atoms with E-state index < -0.39 is 0 Å². The summed E-state index contributed by atoms with van der Waals surface area (Å²) >= 11 is 4.69. The topological polar surface area (TPSA) is 59.8 Å². The van der Waals surface area contributed by atoms with Crippen molar-refractivity contribution in [1.82, 2.24) is 14.8 Å². The third-order valence-electron chi connectivity index (χ3n) is 4.05. The number of hydrogen-bond acceptors (Lipinski definition) is 4. The number of nitrogens with one attached hydrogen (secondary N) is 1. The first kappa shape index (κ1) is 17.8. The number of nitrogens with zero attached hydrogens (tertiary/aromatic N) is 3. The van der Waals surface area contributed by atoms with Gasteiger partial charge in [0.1, 0.15) is 16.5 Å². The van der Waals surface area contributed by atoms with Crippen molar-refractivity contribution in [3.8, 4) is 0 Å². The van der Waals surface area contributed by atoms with Crippen LogP contribution in [0.1, 0.15) is 20.9 Å². The van der Waals surface area contributed by atoms with Crippen molar-refractivity contribution in [2.24, 2.45) is 0 Å². The van der Waals surface area contributed by atoms with Crippen LogP contribution in [0.15, 0.2) is 53.1 Å². The van der Waals surface area contributed by atoms with Gasteiger partial charge in [0.15, 0.2) is 0 Å². The van der Waals surface area contributed by atoms with E-state index in [1.807, 2.05) is 23.7 Å². The molecule has 0 spiro atoms. The van der Waals surface area contributed by atoms with Gasteiger partial charge in [0.05, 0.1) is 17.1 Å². The zero-order valence-corrected chi connectivity index (χ0v) is 16.6. The van der Waals surface area contributed by atoms with Crippen LogP contribution in [-0.2, 0) is 6.54 Å². The van der Waals surface area contributed by atoms with Gasteiger partial charge in [0.25, 0.3) is 5.91 Å². The van der Waals surface area contributed by atoms with Crippen molar-refractivity contribution in [2.75, 3.05) is 5.32 Å². The number of carbonyl (C=O) groups excluding carboxylic acids is 1. The Morgan fingerprint density at radius 1 is 1.26 bits per heavy atom. The maximum absolute atomic E-state index is 13.1. The van der Waals surface area contributed by atoms with Crippen LogP contribution in [0.4, 0.5) is 10.2 Å². The molecule has 0 fully saturated rings. The van der Waals surface area contributed by atoms with Crippen LogP contribution in [0.3, 0.4) is 0 Å². The number of rotatable bonds is 4. The number of anilines is 1. The summed E-state index contributed by atoms with van der Waals surface area (Å²) in [6.45, 7) is 2.43. The standard InChI is InChI=1S/C19H14BrFN4OS/c1-11-15-8-16(18(26)23-17-7-4-13(20)9-22-17)27-19(15)25(24-11)10-12-2-5-14(21)6-3-12/h2-9H,10H2,1H3,(H,22,23,26). The third kappa shape index (κ3) is 3.77. The molecule has 0 aliphatic carbocycles. The Bertz CT molecular complexity index is 1120. The Balaban J connectivity index is 1.60. The molecular formula is C19H14BrFN4OS. The molecule has 1 N–H and O–H groups in total. The number of halogens is 2. The van der Waals surface area contributed by atoms with Crippen LogP contribution in [0.25, 0.3) is 10.2 Å². The molecule has 3 heterocycles. The SMILES string of the molecule is Cc1nn(Cc2ccc(F)cc2)c2sc(C(=O)Nc3ccc(Br)cn3)cc12. The molecule has 1 aromatic carbocycles. The normalized spacial score (nSPS) is 11.1. The molecule has 0 saturated heterocycles. The second kappa shape index (κ2) is 7.21.